The summed E-state index contributed by atoms with van der Waals surface area (Å²) in [6, 6.07) is 13.6. The predicted octanol–water partition coefficient (Wildman–Crippen LogP) is 3.23. The number of benzene rings is 2. The standard InChI is InChI=1S/C21H21FN4O2/c22-17-6-2-4-8-19(17)24-21(28)26-11-9-25(10-12-26)20(27)13-15-14-23-18-7-3-1-5-16(15)18/h1-8,14,23H,9-13H2,(H,24,28). The van der Waals surface area contributed by atoms with E-state index >= 15 is 0 Å². The van der Waals surface area contributed by atoms with Crippen LogP contribution in [0.15, 0.2) is 54.7 Å². The quantitative estimate of drug-likeness (QED) is 0.733. The minimum absolute atomic E-state index is 0.0407. The maximum Gasteiger partial charge on any atom is 0.322 e. The van der Waals surface area contributed by atoms with E-state index in [0.29, 0.717) is 32.6 Å². The van der Waals surface area contributed by atoms with Crippen molar-refractivity contribution in [2.24, 2.45) is 0 Å². The van der Waals surface area contributed by atoms with E-state index in [-0.39, 0.29) is 17.6 Å². The van der Waals surface area contributed by atoms with E-state index in [4.69, 9.17) is 0 Å². The predicted molar refractivity (Wildman–Crippen MR) is 106 cm³/mol. The number of halogens is 1. The molecule has 0 spiro atoms. The molecule has 1 aliphatic rings. The molecule has 1 fully saturated rings. The van der Waals surface area contributed by atoms with E-state index in [1.54, 1.807) is 21.9 Å². The Bertz CT molecular complexity index is 1010. The second-order valence-corrected chi connectivity index (χ2v) is 6.81. The SMILES string of the molecule is O=C(Cc1c[nH]c2ccccc12)N1CCN(C(=O)Nc2ccccc2F)CC1. The third-order valence-corrected chi connectivity index (χ3v) is 5.05. The molecule has 7 heteroatoms. The number of hydrogen-bond acceptors (Lipinski definition) is 2. The molecule has 0 unspecified atom stereocenters. The van der Waals surface area contributed by atoms with Crippen LogP contribution in [0.5, 0.6) is 0 Å². The fourth-order valence-electron chi connectivity index (χ4n) is 3.47. The zero-order valence-electron chi connectivity index (χ0n) is 15.3. The Morgan fingerprint density at radius 1 is 0.964 bits per heavy atom. The van der Waals surface area contributed by atoms with E-state index < -0.39 is 5.82 Å². The molecule has 0 radical (unpaired) electrons. The summed E-state index contributed by atoms with van der Waals surface area (Å²) in [5.74, 6) is -0.428. The van der Waals surface area contributed by atoms with E-state index in [1.165, 1.54) is 12.1 Å². The molecule has 0 atom stereocenters. The van der Waals surface area contributed by atoms with Gasteiger partial charge in [0, 0.05) is 43.3 Å². The lowest BCUT2D eigenvalue weighted by atomic mass is 10.1. The summed E-state index contributed by atoms with van der Waals surface area (Å²) in [5.41, 5.74) is 2.14. The summed E-state index contributed by atoms with van der Waals surface area (Å²) in [6.45, 7) is 1.76. The van der Waals surface area contributed by atoms with Gasteiger partial charge < -0.3 is 20.1 Å². The second-order valence-electron chi connectivity index (χ2n) is 6.81. The van der Waals surface area contributed by atoms with Gasteiger partial charge in [0.2, 0.25) is 5.91 Å². The van der Waals surface area contributed by atoms with Gasteiger partial charge >= 0.3 is 6.03 Å². The average Bonchev–Trinajstić information content (AvgIpc) is 3.13. The van der Waals surface area contributed by atoms with Crippen LogP contribution in [0.25, 0.3) is 10.9 Å². The van der Waals surface area contributed by atoms with Crippen LogP contribution in [0.3, 0.4) is 0 Å². The Kier molecular flexibility index (Phi) is 4.97. The molecular weight excluding hydrogens is 359 g/mol. The molecule has 4 rings (SSSR count). The maximum absolute atomic E-state index is 13.7. The molecule has 3 aromatic rings. The number of aromatic nitrogens is 1. The van der Waals surface area contributed by atoms with Crippen molar-refractivity contribution >= 4 is 28.5 Å². The van der Waals surface area contributed by atoms with Gasteiger partial charge in [0.15, 0.2) is 0 Å². The smallest absolute Gasteiger partial charge is 0.322 e. The van der Waals surface area contributed by atoms with Crippen molar-refractivity contribution in [3.05, 3.63) is 66.1 Å². The summed E-state index contributed by atoms with van der Waals surface area (Å²) < 4.78 is 13.7. The Balaban J connectivity index is 1.33. The van der Waals surface area contributed by atoms with Crippen LogP contribution in [0.2, 0.25) is 0 Å². The van der Waals surface area contributed by atoms with Gasteiger partial charge in [-0.25, -0.2) is 9.18 Å². The highest BCUT2D eigenvalue weighted by Gasteiger charge is 2.25. The van der Waals surface area contributed by atoms with E-state index in [2.05, 4.69) is 10.3 Å². The third kappa shape index (κ3) is 3.69. The first-order valence-electron chi connectivity index (χ1n) is 9.25. The molecule has 144 valence electrons. The number of carbonyl (C=O) groups excluding carboxylic acids is 2. The fraction of sp³-hybridized carbons (Fsp3) is 0.238. The highest BCUT2D eigenvalue weighted by molar-refractivity contribution is 5.90. The van der Waals surface area contributed by atoms with Crippen molar-refractivity contribution in [2.75, 3.05) is 31.5 Å². The van der Waals surface area contributed by atoms with Gasteiger partial charge in [-0.1, -0.05) is 30.3 Å². The van der Waals surface area contributed by atoms with Crippen molar-refractivity contribution in [1.82, 2.24) is 14.8 Å². The number of amides is 3. The lowest BCUT2D eigenvalue weighted by molar-refractivity contribution is -0.131. The molecule has 2 N–H and O–H groups in total. The zero-order valence-corrected chi connectivity index (χ0v) is 15.3. The van der Waals surface area contributed by atoms with E-state index in [1.807, 2.05) is 30.5 Å². The Hall–Kier alpha value is -3.35. The number of carbonyl (C=O) groups is 2. The number of H-pyrrole nitrogens is 1. The first-order valence-corrected chi connectivity index (χ1v) is 9.25. The first-order chi connectivity index (χ1) is 13.6. The molecule has 3 amide bonds. The van der Waals surface area contributed by atoms with Crippen molar-refractivity contribution in [3.8, 4) is 0 Å². The average molecular weight is 380 g/mol. The Labute approximate surface area is 161 Å². The van der Waals surface area contributed by atoms with Crippen LogP contribution < -0.4 is 5.32 Å². The minimum atomic E-state index is -0.469. The molecule has 0 aliphatic carbocycles. The van der Waals surface area contributed by atoms with Crippen LogP contribution in [-0.4, -0.2) is 52.9 Å². The number of piperazine rings is 1. The molecule has 28 heavy (non-hydrogen) atoms. The zero-order chi connectivity index (χ0) is 19.5. The number of nitrogens with one attached hydrogen (secondary N) is 2. The lowest BCUT2D eigenvalue weighted by Gasteiger charge is -2.34. The number of anilines is 1. The van der Waals surface area contributed by atoms with E-state index in [9.17, 15) is 14.0 Å². The van der Waals surface area contributed by atoms with Crippen molar-refractivity contribution in [1.29, 1.82) is 0 Å². The third-order valence-electron chi connectivity index (χ3n) is 5.05. The monoisotopic (exact) mass is 380 g/mol. The number of hydrogen-bond donors (Lipinski definition) is 2. The summed E-state index contributed by atoms with van der Waals surface area (Å²) in [6.07, 6.45) is 2.20. The normalized spacial score (nSPS) is 14.3. The van der Waals surface area contributed by atoms with Crippen molar-refractivity contribution in [3.63, 3.8) is 0 Å². The van der Waals surface area contributed by atoms with Gasteiger partial charge in [-0.2, -0.15) is 0 Å². The Morgan fingerprint density at radius 3 is 2.43 bits per heavy atom. The summed E-state index contributed by atoms with van der Waals surface area (Å²) >= 11 is 0. The number of fused-ring (bicyclic) bond motifs is 1. The first kappa shape index (κ1) is 18.0. The van der Waals surface area contributed by atoms with Gasteiger partial charge in [-0.3, -0.25) is 4.79 Å². The number of para-hydroxylation sites is 2. The maximum atomic E-state index is 13.7. The largest absolute Gasteiger partial charge is 0.361 e. The second kappa shape index (κ2) is 7.72. The number of urea groups is 1. The van der Waals surface area contributed by atoms with Crippen LogP contribution in [0.4, 0.5) is 14.9 Å². The fourth-order valence-corrected chi connectivity index (χ4v) is 3.47. The molecule has 2 heterocycles. The van der Waals surface area contributed by atoms with Gasteiger partial charge in [0.1, 0.15) is 5.82 Å². The molecule has 2 aromatic carbocycles. The minimum Gasteiger partial charge on any atom is -0.361 e. The van der Waals surface area contributed by atoms with E-state index in [0.717, 1.165) is 16.5 Å². The molecular formula is C21H21FN4O2. The molecule has 6 nitrogen and oxygen atoms in total. The summed E-state index contributed by atoms with van der Waals surface area (Å²) in [5, 5.41) is 3.64. The van der Waals surface area contributed by atoms with Crippen molar-refractivity contribution in [2.45, 2.75) is 6.42 Å². The molecule has 1 aliphatic heterocycles. The summed E-state index contributed by atoms with van der Waals surface area (Å²) in [7, 11) is 0. The summed E-state index contributed by atoms with van der Waals surface area (Å²) in [4.78, 5) is 31.6. The number of aromatic amines is 1. The Morgan fingerprint density at radius 2 is 1.64 bits per heavy atom. The number of nitrogens with zero attached hydrogens (tertiary/aromatic N) is 2. The topological polar surface area (TPSA) is 68.4 Å². The lowest BCUT2D eigenvalue weighted by Crippen LogP contribution is -2.52. The van der Waals surface area contributed by atoms with Gasteiger partial charge in [0.25, 0.3) is 0 Å². The molecule has 0 saturated carbocycles. The van der Waals surface area contributed by atoms with Crippen LogP contribution in [0, 0.1) is 5.82 Å². The molecule has 1 aromatic heterocycles. The molecule has 0 bridgehead atoms. The van der Waals surface area contributed by atoms with Crippen molar-refractivity contribution < 1.29 is 14.0 Å². The molecule has 1 saturated heterocycles. The number of rotatable bonds is 3. The highest BCUT2D eigenvalue weighted by Crippen LogP contribution is 2.19. The van der Waals surface area contributed by atoms with Gasteiger partial charge in [-0.15, -0.1) is 0 Å². The highest BCUT2D eigenvalue weighted by atomic mass is 19.1. The van der Waals surface area contributed by atoms with Crippen LogP contribution >= 0.6 is 0 Å². The van der Waals surface area contributed by atoms with Gasteiger partial charge in [0.05, 0.1) is 12.1 Å². The van der Waals surface area contributed by atoms with Crippen LogP contribution in [0.1, 0.15) is 5.56 Å². The van der Waals surface area contributed by atoms with Gasteiger partial charge in [-0.05, 0) is 23.8 Å². The van der Waals surface area contributed by atoms with Crippen LogP contribution in [-0.2, 0) is 11.2 Å².